The Morgan fingerprint density at radius 1 is 1.58 bits per heavy atom. The molecule has 1 N–H and O–H groups in total. The van der Waals surface area contributed by atoms with Crippen molar-refractivity contribution in [2.45, 2.75) is 33.2 Å². The molecule has 0 aliphatic heterocycles. The number of H-pyrrole nitrogens is 1. The Balaban J connectivity index is 2.18. The third-order valence-electron chi connectivity index (χ3n) is 3.70. The highest BCUT2D eigenvalue weighted by Crippen LogP contribution is 2.38. The Labute approximate surface area is 121 Å². The largest absolute Gasteiger partial charge is 0.336 e. The summed E-state index contributed by atoms with van der Waals surface area (Å²) in [6.07, 6.45) is 2.69. The van der Waals surface area contributed by atoms with E-state index in [1.165, 1.54) is 12.6 Å². The van der Waals surface area contributed by atoms with E-state index in [4.69, 9.17) is 0 Å². The molecule has 1 heterocycles. The second-order valence-electron chi connectivity index (χ2n) is 5.59. The van der Waals surface area contributed by atoms with Crippen LogP contribution in [0.5, 0.6) is 0 Å². The van der Waals surface area contributed by atoms with Crippen molar-refractivity contribution in [1.82, 2.24) is 9.88 Å². The van der Waals surface area contributed by atoms with E-state index in [2.05, 4.69) is 27.8 Å². The highest BCUT2D eigenvalue weighted by atomic mass is 79.9. The van der Waals surface area contributed by atoms with Gasteiger partial charge >= 0.3 is 0 Å². The first-order chi connectivity index (χ1) is 8.90. The van der Waals surface area contributed by atoms with Crippen LogP contribution in [-0.2, 0) is 0 Å². The summed E-state index contributed by atoms with van der Waals surface area (Å²) < 4.78 is 0.391. The van der Waals surface area contributed by atoms with E-state index < -0.39 is 0 Å². The summed E-state index contributed by atoms with van der Waals surface area (Å²) in [4.78, 5) is 28.3. The Kier molecular flexibility index (Phi) is 4.13. The minimum Gasteiger partial charge on any atom is -0.336 e. The van der Waals surface area contributed by atoms with Crippen molar-refractivity contribution in [3.63, 3.8) is 0 Å². The normalized spacial score (nSPS) is 21.5. The van der Waals surface area contributed by atoms with Crippen LogP contribution in [0, 0.1) is 11.8 Å². The van der Waals surface area contributed by atoms with Gasteiger partial charge in [-0.05, 0) is 54.1 Å². The van der Waals surface area contributed by atoms with Gasteiger partial charge in [-0.2, -0.15) is 0 Å². The van der Waals surface area contributed by atoms with E-state index in [9.17, 15) is 9.59 Å². The van der Waals surface area contributed by atoms with Crippen LogP contribution < -0.4 is 5.56 Å². The molecule has 0 radical (unpaired) electrons. The molecule has 0 spiro atoms. The topological polar surface area (TPSA) is 53.2 Å². The van der Waals surface area contributed by atoms with E-state index in [0.717, 1.165) is 12.5 Å². The van der Waals surface area contributed by atoms with E-state index >= 15 is 0 Å². The quantitative estimate of drug-likeness (QED) is 0.924. The van der Waals surface area contributed by atoms with Crippen LogP contribution in [-0.4, -0.2) is 28.4 Å². The van der Waals surface area contributed by atoms with E-state index in [1.54, 1.807) is 6.07 Å². The molecule has 0 bridgehead atoms. The van der Waals surface area contributed by atoms with Gasteiger partial charge in [0.2, 0.25) is 0 Å². The Bertz CT molecular complexity index is 538. The van der Waals surface area contributed by atoms with Crippen LogP contribution in [0.2, 0.25) is 0 Å². The smallest absolute Gasteiger partial charge is 0.262 e. The summed E-state index contributed by atoms with van der Waals surface area (Å²) in [6.45, 7) is 7.05. The van der Waals surface area contributed by atoms with Gasteiger partial charge in [0.05, 0.1) is 10.0 Å². The second kappa shape index (κ2) is 5.49. The number of halogens is 1. The van der Waals surface area contributed by atoms with E-state index in [-0.39, 0.29) is 17.5 Å². The van der Waals surface area contributed by atoms with Gasteiger partial charge in [-0.25, -0.2) is 0 Å². The third kappa shape index (κ3) is 3.26. The summed E-state index contributed by atoms with van der Waals surface area (Å²) in [6, 6.07) is 1.75. The van der Waals surface area contributed by atoms with Gasteiger partial charge < -0.3 is 9.88 Å². The van der Waals surface area contributed by atoms with Gasteiger partial charge in [-0.15, -0.1) is 0 Å². The van der Waals surface area contributed by atoms with Gasteiger partial charge in [0.1, 0.15) is 0 Å². The van der Waals surface area contributed by atoms with Crippen molar-refractivity contribution < 1.29 is 4.79 Å². The van der Waals surface area contributed by atoms with Gasteiger partial charge in [-0.3, -0.25) is 9.59 Å². The summed E-state index contributed by atoms with van der Waals surface area (Å²) in [5.74, 6) is 1.32. The molecule has 1 aromatic heterocycles. The van der Waals surface area contributed by atoms with Crippen LogP contribution in [0.1, 0.15) is 37.6 Å². The van der Waals surface area contributed by atoms with Crippen molar-refractivity contribution in [3.05, 3.63) is 32.7 Å². The fourth-order valence-corrected chi connectivity index (χ4v) is 2.54. The number of nitrogens with zero attached hydrogens (tertiary/aromatic N) is 1. The van der Waals surface area contributed by atoms with Gasteiger partial charge in [0.25, 0.3) is 11.5 Å². The standard InChI is InChI=1S/C14H19BrN2O2/c1-8(2)17(7-11-4-9(11)3)14(19)10-5-12(15)13(18)16-6-10/h5-6,8-9,11H,4,7H2,1-3H3,(H,16,18)/t9-,11+/m0/s1. The molecule has 1 aliphatic rings. The molecule has 19 heavy (non-hydrogen) atoms. The van der Waals surface area contributed by atoms with E-state index in [1.807, 2.05) is 18.7 Å². The summed E-state index contributed by atoms with van der Waals surface area (Å²) in [7, 11) is 0. The van der Waals surface area contributed by atoms with Gasteiger partial charge in [-0.1, -0.05) is 6.92 Å². The predicted molar refractivity (Wildman–Crippen MR) is 78.2 cm³/mol. The lowest BCUT2D eigenvalue weighted by Gasteiger charge is -2.27. The van der Waals surface area contributed by atoms with Crippen molar-refractivity contribution >= 4 is 21.8 Å². The Morgan fingerprint density at radius 2 is 2.21 bits per heavy atom. The number of pyridine rings is 1. The molecule has 1 saturated carbocycles. The summed E-state index contributed by atoms with van der Waals surface area (Å²) in [5, 5.41) is 0. The van der Waals surface area contributed by atoms with Gasteiger partial charge in [0.15, 0.2) is 0 Å². The fraction of sp³-hybridized carbons (Fsp3) is 0.571. The maximum atomic E-state index is 12.5. The van der Waals surface area contributed by atoms with E-state index in [0.29, 0.717) is 16.0 Å². The average Bonchev–Trinajstić information content (AvgIpc) is 3.04. The number of rotatable bonds is 4. The van der Waals surface area contributed by atoms with Crippen LogP contribution in [0.25, 0.3) is 0 Å². The SMILES string of the molecule is CC(C)N(C[C@H]1C[C@@H]1C)C(=O)c1c[nH]c(=O)c(Br)c1. The number of amides is 1. The fourth-order valence-electron chi connectivity index (χ4n) is 2.18. The first-order valence-corrected chi connectivity index (χ1v) is 7.38. The first-order valence-electron chi connectivity index (χ1n) is 6.59. The molecule has 2 atom stereocenters. The lowest BCUT2D eigenvalue weighted by molar-refractivity contribution is 0.0693. The van der Waals surface area contributed by atoms with Crippen LogP contribution in [0.4, 0.5) is 0 Å². The lowest BCUT2D eigenvalue weighted by Crippen LogP contribution is -2.39. The number of hydrogen-bond acceptors (Lipinski definition) is 2. The van der Waals surface area contributed by atoms with Crippen molar-refractivity contribution in [3.8, 4) is 0 Å². The number of aromatic nitrogens is 1. The Morgan fingerprint density at radius 3 is 2.68 bits per heavy atom. The van der Waals surface area contributed by atoms with Crippen LogP contribution >= 0.6 is 15.9 Å². The number of nitrogens with one attached hydrogen (secondary N) is 1. The molecule has 1 aliphatic carbocycles. The molecule has 0 saturated heterocycles. The first kappa shape index (κ1) is 14.3. The van der Waals surface area contributed by atoms with Crippen molar-refractivity contribution in [2.75, 3.05) is 6.54 Å². The monoisotopic (exact) mass is 326 g/mol. The molecule has 0 unspecified atom stereocenters. The summed E-state index contributed by atoms with van der Waals surface area (Å²) in [5.41, 5.74) is 0.303. The third-order valence-corrected chi connectivity index (χ3v) is 4.29. The molecule has 104 valence electrons. The predicted octanol–water partition coefficient (Wildman–Crippen LogP) is 2.64. The zero-order valence-electron chi connectivity index (χ0n) is 11.4. The average molecular weight is 327 g/mol. The van der Waals surface area contributed by atoms with Gasteiger partial charge in [0, 0.05) is 18.8 Å². The Hall–Kier alpha value is -1.10. The van der Waals surface area contributed by atoms with Crippen molar-refractivity contribution in [2.24, 2.45) is 11.8 Å². The number of aromatic amines is 1. The van der Waals surface area contributed by atoms with Crippen LogP contribution in [0.3, 0.4) is 0 Å². The maximum absolute atomic E-state index is 12.5. The zero-order chi connectivity index (χ0) is 14.2. The molecule has 0 aromatic carbocycles. The highest BCUT2D eigenvalue weighted by molar-refractivity contribution is 9.10. The lowest BCUT2D eigenvalue weighted by atomic mass is 10.2. The molecule has 5 heteroatoms. The molecule has 1 aromatic rings. The number of hydrogen-bond donors (Lipinski definition) is 1. The van der Waals surface area contributed by atoms with Crippen LogP contribution in [0.15, 0.2) is 21.5 Å². The van der Waals surface area contributed by atoms with Crippen molar-refractivity contribution in [1.29, 1.82) is 0 Å². The number of carbonyl (C=O) groups excluding carboxylic acids is 1. The summed E-state index contributed by atoms with van der Waals surface area (Å²) >= 11 is 3.16. The molecule has 1 fully saturated rings. The number of carbonyl (C=O) groups is 1. The minimum atomic E-state index is -0.219. The second-order valence-corrected chi connectivity index (χ2v) is 6.44. The minimum absolute atomic E-state index is 0.0222. The maximum Gasteiger partial charge on any atom is 0.262 e. The zero-order valence-corrected chi connectivity index (χ0v) is 13.0. The molecular formula is C14H19BrN2O2. The molecule has 4 nitrogen and oxygen atoms in total. The molecule has 2 rings (SSSR count). The molecular weight excluding hydrogens is 308 g/mol. The molecule has 1 amide bonds. The highest BCUT2D eigenvalue weighted by Gasteiger charge is 2.36.